The van der Waals surface area contributed by atoms with Crippen LogP contribution in [0, 0.1) is 0 Å². The summed E-state index contributed by atoms with van der Waals surface area (Å²) < 4.78 is 5.25. The molecule has 1 aliphatic carbocycles. The van der Waals surface area contributed by atoms with E-state index in [2.05, 4.69) is 5.32 Å². The number of nitrogens with two attached hydrogens (primary N) is 1. The molecule has 1 fully saturated rings. The van der Waals surface area contributed by atoms with Crippen molar-refractivity contribution in [3.05, 3.63) is 28.8 Å². The van der Waals surface area contributed by atoms with E-state index in [0.29, 0.717) is 10.7 Å². The lowest BCUT2D eigenvalue weighted by molar-refractivity contribution is 0.0636. The minimum atomic E-state index is -0.544. The van der Waals surface area contributed by atoms with Crippen LogP contribution in [0.2, 0.25) is 5.02 Å². The highest BCUT2D eigenvalue weighted by molar-refractivity contribution is 6.33. The molecule has 1 unspecified atom stereocenters. The van der Waals surface area contributed by atoms with E-state index in [0.717, 1.165) is 18.4 Å². The first-order valence-corrected chi connectivity index (χ1v) is 7.57. The Morgan fingerprint density at radius 3 is 2.52 bits per heavy atom. The lowest BCUT2D eigenvalue weighted by Crippen LogP contribution is -2.31. The van der Waals surface area contributed by atoms with Gasteiger partial charge in [-0.05, 0) is 58.2 Å². The van der Waals surface area contributed by atoms with E-state index in [1.807, 2.05) is 39.8 Å². The summed E-state index contributed by atoms with van der Waals surface area (Å²) >= 11 is 6.16. The second kappa shape index (κ2) is 5.50. The molecule has 0 bridgehead atoms. The van der Waals surface area contributed by atoms with Gasteiger partial charge in [0.15, 0.2) is 0 Å². The minimum absolute atomic E-state index is 0.0228. The molecule has 1 atom stereocenters. The lowest BCUT2D eigenvalue weighted by Gasteiger charge is -2.22. The van der Waals surface area contributed by atoms with Crippen molar-refractivity contribution in [2.45, 2.75) is 57.6 Å². The van der Waals surface area contributed by atoms with Gasteiger partial charge in [-0.1, -0.05) is 17.7 Å². The van der Waals surface area contributed by atoms with Crippen LogP contribution in [0.25, 0.3) is 0 Å². The Labute approximate surface area is 131 Å². The number of benzene rings is 1. The predicted molar refractivity (Wildman–Crippen MR) is 85.9 cm³/mol. The molecule has 5 heteroatoms. The average molecular weight is 311 g/mol. The molecular formula is C16H23ClN2O2. The van der Waals surface area contributed by atoms with E-state index in [9.17, 15) is 4.79 Å². The Morgan fingerprint density at radius 2 is 2.05 bits per heavy atom. The molecule has 21 heavy (non-hydrogen) atoms. The standard InChI is InChI=1S/C16H23ClN2O2/c1-10(18)16(7-8-16)11-5-6-12(17)13(9-11)19-14(20)21-15(2,3)4/h5-6,9-10H,7-8,18H2,1-4H3,(H,19,20). The van der Waals surface area contributed by atoms with Crippen LogP contribution in [0.15, 0.2) is 18.2 Å². The third kappa shape index (κ3) is 3.69. The summed E-state index contributed by atoms with van der Waals surface area (Å²) in [5.41, 5.74) is 7.25. The first kappa shape index (κ1) is 16.1. The summed E-state index contributed by atoms with van der Waals surface area (Å²) in [5, 5.41) is 3.20. The van der Waals surface area contributed by atoms with Gasteiger partial charge in [0, 0.05) is 11.5 Å². The Morgan fingerprint density at radius 1 is 1.43 bits per heavy atom. The molecule has 1 amide bonds. The normalized spacial score (nSPS) is 18.0. The zero-order valence-corrected chi connectivity index (χ0v) is 13.8. The monoisotopic (exact) mass is 310 g/mol. The number of rotatable bonds is 3. The van der Waals surface area contributed by atoms with E-state index in [1.54, 1.807) is 6.07 Å². The minimum Gasteiger partial charge on any atom is -0.444 e. The van der Waals surface area contributed by atoms with E-state index >= 15 is 0 Å². The molecule has 0 heterocycles. The van der Waals surface area contributed by atoms with E-state index in [-0.39, 0.29) is 11.5 Å². The number of anilines is 1. The highest BCUT2D eigenvalue weighted by atomic mass is 35.5. The first-order chi connectivity index (χ1) is 9.64. The average Bonchev–Trinajstić information content (AvgIpc) is 3.10. The SMILES string of the molecule is CC(N)C1(c2ccc(Cl)c(NC(=O)OC(C)(C)C)c2)CC1. The van der Waals surface area contributed by atoms with Gasteiger partial charge in [0.25, 0.3) is 0 Å². The summed E-state index contributed by atoms with van der Waals surface area (Å²) in [4.78, 5) is 11.9. The zero-order valence-electron chi connectivity index (χ0n) is 13.0. The van der Waals surface area contributed by atoms with Crippen LogP contribution in [0.1, 0.15) is 46.1 Å². The zero-order chi connectivity index (χ0) is 15.8. The second-order valence-electron chi connectivity index (χ2n) is 6.77. The molecule has 2 rings (SSSR count). The molecule has 0 radical (unpaired) electrons. The first-order valence-electron chi connectivity index (χ1n) is 7.20. The van der Waals surface area contributed by atoms with Crippen LogP contribution in [0.3, 0.4) is 0 Å². The number of ether oxygens (including phenoxy) is 1. The number of hydrogen-bond acceptors (Lipinski definition) is 3. The lowest BCUT2D eigenvalue weighted by atomic mass is 9.89. The molecule has 4 nitrogen and oxygen atoms in total. The molecular weight excluding hydrogens is 288 g/mol. The van der Waals surface area contributed by atoms with E-state index < -0.39 is 11.7 Å². The summed E-state index contributed by atoms with van der Waals surface area (Å²) in [7, 11) is 0. The van der Waals surface area contributed by atoms with Crippen LogP contribution in [0.4, 0.5) is 10.5 Å². The second-order valence-corrected chi connectivity index (χ2v) is 7.17. The molecule has 0 spiro atoms. The van der Waals surface area contributed by atoms with Gasteiger partial charge in [0.2, 0.25) is 0 Å². The maximum absolute atomic E-state index is 11.9. The van der Waals surface area contributed by atoms with Gasteiger partial charge in [-0.25, -0.2) is 4.79 Å². The predicted octanol–water partition coefficient (Wildman–Crippen LogP) is 4.07. The Hall–Kier alpha value is -1.26. The number of halogens is 1. The Kier molecular flexibility index (Phi) is 4.22. The van der Waals surface area contributed by atoms with Crippen molar-refractivity contribution in [3.8, 4) is 0 Å². The van der Waals surface area contributed by atoms with E-state index in [4.69, 9.17) is 22.1 Å². The van der Waals surface area contributed by atoms with Gasteiger partial charge in [-0.3, -0.25) is 5.32 Å². The van der Waals surface area contributed by atoms with Crippen molar-refractivity contribution in [2.75, 3.05) is 5.32 Å². The van der Waals surface area contributed by atoms with Crippen LogP contribution in [0.5, 0.6) is 0 Å². The third-order valence-corrected chi connectivity index (χ3v) is 4.17. The van der Waals surface area contributed by atoms with Gasteiger partial charge in [-0.15, -0.1) is 0 Å². The smallest absolute Gasteiger partial charge is 0.412 e. The molecule has 1 saturated carbocycles. The maximum atomic E-state index is 11.9. The van der Waals surface area contributed by atoms with Gasteiger partial charge < -0.3 is 10.5 Å². The highest BCUT2D eigenvalue weighted by Gasteiger charge is 2.47. The van der Waals surface area contributed by atoms with Crippen LogP contribution in [-0.2, 0) is 10.2 Å². The third-order valence-electron chi connectivity index (χ3n) is 3.84. The topological polar surface area (TPSA) is 64.3 Å². The molecule has 1 aliphatic rings. The molecule has 3 N–H and O–H groups in total. The number of carbonyl (C=O) groups is 1. The number of amides is 1. The Bertz CT molecular complexity index is 546. The molecule has 0 saturated heterocycles. The molecule has 0 aliphatic heterocycles. The Balaban J connectivity index is 2.19. The van der Waals surface area contributed by atoms with Crippen molar-refractivity contribution in [3.63, 3.8) is 0 Å². The van der Waals surface area contributed by atoms with Gasteiger partial charge in [0.05, 0.1) is 10.7 Å². The summed E-state index contributed by atoms with van der Waals surface area (Å²) in [5.74, 6) is 0. The maximum Gasteiger partial charge on any atom is 0.412 e. The highest BCUT2D eigenvalue weighted by Crippen LogP contribution is 2.51. The van der Waals surface area contributed by atoms with Crippen molar-refractivity contribution < 1.29 is 9.53 Å². The summed E-state index contributed by atoms with van der Waals surface area (Å²) in [6.07, 6.45) is 1.63. The van der Waals surface area contributed by atoms with Gasteiger partial charge in [0.1, 0.15) is 5.60 Å². The summed E-state index contributed by atoms with van der Waals surface area (Å²) in [6.45, 7) is 7.47. The quantitative estimate of drug-likeness (QED) is 0.884. The largest absolute Gasteiger partial charge is 0.444 e. The molecule has 116 valence electrons. The van der Waals surface area contributed by atoms with Crippen molar-refractivity contribution in [1.29, 1.82) is 0 Å². The van der Waals surface area contributed by atoms with E-state index in [1.165, 1.54) is 0 Å². The van der Waals surface area contributed by atoms with Crippen molar-refractivity contribution in [2.24, 2.45) is 5.73 Å². The van der Waals surface area contributed by atoms with Crippen molar-refractivity contribution >= 4 is 23.4 Å². The van der Waals surface area contributed by atoms with Gasteiger partial charge >= 0.3 is 6.09 Å². The molecule has 1 aromatic carbocycles. The van der Waals surface area contributed by atoms with Crippen LogP contribution >= 0.6 is 11.6 Å². The fraction of sp³-hybridized carbons (Fsp3) is 0.562. The fourth-order valence-corrected chi connectivity index (χ4v) is 2.65. The number of hydrogen-bond donors (Lipinski definition) is 2. The number of nitrogens with one attached hydrogen (secondary N) is 1. The summed E-state index contributed by atoms with van der Waals surface area (Å²) in [6, 6.07) is 5.77. The fourth-order valence-electron chi connectivity index (χ4n) is 2.49. The van der Waals surface area contributed by atoms with Gasteiger partial charge in [-0.2, -0.15) is 0 Å². The van der Waals surface area contributed by atoms with Crippen LogP contribution < -0.4 is 11.1 Å². The molecule has 1 aromatic rings. The van der Waals surface area contributed by atoms with Crippen molar-refractivity contribution in [1.82, 2.24) is 0 Å². The van der Waals surface area contributed by atoms with Crippen LogP contribution in [-0.4, -0.2) is 17.7 Å². The number of carbonyl (C=O) groups excluding carboxylic acids is 1. The molecule has 0 aromatic heterocycles.